The van der Waals surface area contributed by atoms with Crippen molar-refractivity contribution < 1.29 is 8.42 Å². The molecule has 1 aromatic rings. The Morgan fingerprint density at radius 3 is 2.60 bits per heavy atom. The maximum Gasteiger partial charge on any atom is 0.240 e. The fourth-order valence-corrected chi connectivity index (χ4v) is 2.67. The first-order valence-corrected chi connectivity index (χ1v) is 7.89. The standard InChI is InChI=1S/C13H19N3O2S2/c1-9(2)8-15-13(19)16-11-6-5-10(3)12(7-11)20(17,18)14-4/h5-7,14H,1,8H2,2-4H3,(H2,15,16,19). The molecule has 0 heterocycles. The molecule has 0 saturated heterocycles. The van der Waals surface area contributed by atoms with E-state index < -0.39 is 10.0 Å². The summed E-state index contributed by atoms with van der Waals surface area (Å²) in [7, 11) is -2.10. The highest BCUT2D eigenvalue weighted by molar-refractivity contribution is 7.89. The van der Waals surface area contributed by atoms with E-state index in [1.807, 2.05) is 6.92 Å². The highest BCUT2D eigenvalue weighted by Gasteiger charge is 2.15. The van der Waals surface area contributed by atoms with Gasteiger partial charge >= 0.3 is 0 Å². The van der Waals surface area contributed by atoms with Crippen molar-refractivity contribution >= 4 is 33.0 Å². The molecule has 7 heteroatoms. The van der Waals surface area contributed by atoms with Crippen molar-refractivity contribution in [1.29, 1.82) is 0 Å². The van der Waals surface area contributed by atoms with Crippen molar-refractivity contribution in [3.05, 3.63) is 35.9 Å². The molecule has 0 aliphatic heterocycles. The molecule has 5 nitrogen and oxygen atoms in total. The van der Waals surface area contributed by atoms with Gasteiger partial charge in [-0.15, -0.1) is 0 Å². The first-order valence-electron chi connectivity index (χ1n) is 5.99. The summed E-state index contributed by atoms with van der Waals surface area (Å²) in [5.74, 6) is 0. The van der Waals surface area contributed by atoms with Crippen LogP contribution >= 0.6 is 12.2 Å². The molecule has 1 aromatic carbocycles. The Morgan fingerprint density at radius 1 is 1.40 bits per heavy atom. The number of thiocarbonyl (C=S) groups is 1. The van der Waals surface area contributed by atoms with Crippen molar-refractivity contribution in [2.75, 3.05) is 18.9 Å². The minimum Gasteiger partial charge on any atom is -0.359 e. The highest BCUT2D eigenvalue weighted by atomic mass is 32.2. The van der Waals surface area contributed by atoms with Gasteiger partial charge in [0.25, 0.3) is 0 Å². The van der Waals surface area contributed by atoms with Crippen molar-refractivity contribution in [2.45, 2.75) is 18.7 Å². The zero-order valence-electron chi connectivity index (χ0n) is 11.8. The Balaban J connectivity index is 2.91. The number of rotatable bonds is 5. The van der Waals surface area contributed by atoms with E-state index in [9.17, 15) is 8.42 Å². The second-order valence-electron chi connectivity index (χ2n) is 4.45. The molecule has 0 aliphatic carbocycles. The van der Waals surface area contributed by atoms with Gasteiger partial charge in [0.15, 0.2) is 5.11 Å². The SMILES string of the molecule is C=C(C)CNC(=S)Nc1ccc(C)c(S(=O)(=O)NC)c1. The lowest BCUT2D eigenvalue weighted by molar-refractivity contribution is 0.587. The molecular formula is C13H19N3O2S2. The molecule has 20 heavy (non-hydrogen) atoms. The smallest absolute Gasteiger partial charge is 0.240 e. The number of hydrogen-bond acceptors (Lipinski definition) is 3. The van der Waals surface area contributed by atoms with Crippen LogP contribution in [0.1, 0.15) is 12.5 Å². The first-order chi connectivity index (χ1) is 9.26. The minimum absolute atomic E-state index is 0.229. The maximum absolute atomic E-state index is 11.9. The van der Waals surface area contributed by atoms with Gasteiger partial charge < -0.3 is 10.6 Å². The van der Waals surface area contributed by atoms with Gasteiger partial charge in [-0.1, -0.05) is 18.2 Å². The Kier molecular flexibility index (Phi) is 5.67. The van der Waals surface area contributed by atoms with Gasteiger partial charge in [-0.2, -0.15) is 0 Å². The predicted octanol–water partition coefficient (Wildman–Crippen LogP) is 1.77. The molecule has 3 N–H and O–H groups in total. The summed E-state index contributed by atoms with van der Waals surface area (Å²) in [4.78, 5) is 0.229. The van der Waals surface area contributed by atoms with E-state index in [4.69, 9.17) is 12.2 Å². The van der Waals surface area contributed by atoms with E-state index in [1.165, 1.54) is 7.05 Å². The van der Waals surface area contributed by atoms with Crippen LogP contribution in [0, 0.1) is 6.92 Å². The van der Waals surface area contributed by atoms with Crippen molar-refractivity contribution in [3.63, 3.8) is 0 Å². The Morgan fingerprint density at radius 2 is 2.05 bits per heavy atom. The number of nitrogens with one attached hydrogen (secondary N) is 3. The predicted molar refractivity (Wildman–Crippen MR) is 86.5 cm³/mol. The molecule has 0 atom stereocenters. The Labute approximate surface area is 125 Å². The summed E-state index contributed by atoms with van der Waals surface area (Å²) in [6.07, 6.45) is 0. The summed E-state index contributed by atoms with van der Waals surface area (Å²) in [5.41, 5.74) is 2.24. The van der Waals surface area contributed by atoms with Gasteiger partial charge in [0.1, 0.15) is 0 Å². The number of sulfonamides is 1. The molecule has 0 spiro atoms. The third kappa shape index (κ3) is 4.59. The molecule has 0 aromatic heterocycles. The average Bonchev–Trinajstić information content (AvgIpc) is 2.38. The average molecular weight is 313 g/mol. The number of hydrogen-bond donors (Lipinski definition) is 3. The van der Waals surface area contributed by atoms with Gasteiger partial charge in [0.2, 0.25) is 10.0 Å². The fraction of sp³-hybridized carbons (Fsp3) is 0.308. The number of benzene rings is 1. The van der Waals surface area contributed by atoms with Crippen LogP contribution in [-0.4, -0.2) is 27.1 Å². The molecule has 1 rings (SSSR count). The minimum atomic E-state index is -3.48. The highest BCUT2D eigenvalue weighted by Crippen LogP contribution is 2.19. The second kappa shape index (κ2) is 6.83. The van der Waals surface area contributed by atoms with Gasteiger partial charge in [-0.05, 0) is 50.8 Å². The van der Waals surface area contributed by atoms with Gasteiger partial charge in [0, 0.05) is 12.2 Å². The zero-order chi connectivity index (χ0) is 15.3. The zero-order valence-corrected chi connectivity index (χ0v) is 13.4. The van der Waals surface area contributed by atoms with Crippen LogP contribution in [0.15, 0.2) is 35.2 Å². The molecule has 0 aliphatic rings. The van der Waals surface area contributed by atoms with Crippen LogP contribution in [0.3, 0.4) is 0 Å². The van der Waals surface area contributed by atoms with Crippen molar-refractivity contribution in [2.24, 2.45) is 0 Å². The molecular weight excluding hydrogens is 294 g/mol. The lowest BCUT2D eigenvalue weighted by atomic mass is 10.2. The van der Waals surface area contributed by atoms with Gasteiger partial charge in [-0.3, -0.25) is 0 Å². The van der Waals surface area contributed by atoms with Crippen LogP contribution in [0.5, 0.6) is 0 Å². The molecule has 110 valence electrons. The quantitative estimate of drug-likeness (QED) is 0.571. The molecule has 0 unspecified atom stereocenters. The normalized spacial score (nSPS) is 10.9. The van der Waals surface area contributed by atoms with E-state index in [0.717, 1.165) is 5.57 Å². The summed E-state index contributed by atoms with van der Waals surface area (Å²) in [5, 5.41) is 6.34. The third-order valence-electron chi connectivity index (χ3n) is 2.55. The van der Waals surface area contributed by atoms with Crippen LogP contribution in [-0.2, 0) is 10.0 Å². The number of aryl methyl sites for hydroxylation is 1. The Hall–Kier alpha value is -1.44. The third-order valence-corrected chi connectivity index (χ3v) is 4.36. The largest absolute Gasteiger partial charge is 0.359 e. The lowest BCUT2D eigenvalue weighted by Gasteiger charge is -2.13. The van der Waals surface area contributed by atoms with E-state index in [2.05, 4.69) is 21.9 Å². The van der Waals surface area contributed by atoms with E-state index in [0.29, 0.717) is 22.9 Å². The van der Waals surface area contributed by atoms with Gasteiger partial charge in [0.05, 0.1) is 4.90 Å². The fourth-order valence-electron chi connectivity index (χ4n) is 1.48. The van der Waals surface area contributed by atoms with E-state index in [1.54, 1.807) is 25.1 Å². The van der Waals surface area contributed by atoms with Crippen LogP contribution in [0.4, 0.5) is 5.69 Å². The van der Waals surface area contributed by atoms with Crippen LogP contribution in [0.25, 0.3) is 0 Å². The molecule has 0 radical (unpaired) electrons. The van der Waals surface area contributed by atoms with Crippen LogP contribution < -0.4 is 15.4 Å². The maximum atomic E-state index is 11.9. The summed E-state index contributed by atoms with van der Waals surface area (Å²) >= 11 is 5.12. The van der Waals surface area contributed by atoms with Crippen molar-refractivity contribution in [3.8, 4) is 0 Å². The number of anilines is 1. The second-order valence-corrected chi connectivity index (χ2v) is 6.72. The van der Waals surface area contributed by atoms with Crippen molar-refractivity contribution in [1.82, 2.24) is 10.0 Å². The lowest BCUT2D eigenvalue weighted by Crippen LogP contribution is -2.29. The molecule has 0 fully saturated rings. The van der Waals surface area contributed by atoms with Crippen LogP contribution in [0.2, 0.25) is 0 Å². The summed E-state index contributed by atoms with van der Waals surface area (Å²) in [6, 6.07) is 5.06. The van der Waals surface area contributed by atoms with E-state index in [-0.39, 0.29) is 4.90 Å². The molecule has 0 bridgehead atoms. The monoisotopic (exact) mass is 313 g/mol. The van der Waals surface area contributed by atoms with Gasteiger partial charge in [-0.25, -0.2) is 13.1 Å². The Bertz CT molecular complexity index is 625. The first kappa shape index (κ1) is 16.6. The molecule has 0 saturated carbocycles. The summed E-state index contributed by atoms with van der Waals surface area (Å²) < 4.78 is 26.1. The van der Waals surface area contributed by atoms with E-state index >= 15 is 0 Å². The topological polar surface area (TPSA) is 70.2 Å². The summed E-state index contributed by atoms with van der Waals surface area (Å²) in [6.45, 7) is 7.96. The molecule has 0 amide bonds.